The van der Waals surface area contributed by atoms with Gasteiger partial charge in [0.15, 0.2) is 24.8 Å². The molecule has 2 nitrogen and oxygen atoms in total. The van der Waals surface area contributed by atoms with Crippen LogP contribution in [0.2, 0.25) is 0 Å². The van der Waals surface area contributed by atoms with Crippen LogP contribution in [0, 0.1) is 11.8 Å². The standard InChI is InChI=1S/C24H18N2/c1-3-7-23(8-4-1)25-17-13-21(14-18-25)11-12-22-15-19-26(20-16-22)24-9-5-2-6-10-24/h1-10,13-20H/q+2. The molecule has 0 amide bonds. The third-order valence-corrected chi connectivity index (χ3v) is 4.12. The molecule has 0 fully saturated rings. The molecule has 122 valence electrons. The lowest BCUT2D eigenvalue weighted by Crippen LogP contribution is -2.29. The predicted molar refractivity (Wildman–Crippen MR) is 102 cm³/mol. The molecule has 0 N–H and O–H groups in total. The van der Waals surface area contributed by atoms with Crippen molar-refractivity contribution < 1.29 is 9.13 Å². The highest BCUT2D eigenvalue weighted by Gasteiger charge is 2.04. The molecule has 2 heterocycles. The lowest BCUT2D eigenvalue weighted by atomic mass is 10.2. The van der Waals surface area contributed by atoms with Gasteiger partial charge in [0.2, 0.25) is 11.4 Å². The summed E-state index contributed by atoms with van der Waals surface area (Å²) >= 11 is 0. The molecule has 0 bridgehead atoms. The largest absolute Gasteiger partial charge is 0.210 e. The van der Waals surface area contributed by atoms with Gasteiger partial charge in [0.25, 0.3) is 0 Å². The van der Waals surface area contributed by atoms with Gasteiger partial charge in [-0.15, -0.1) is 0 Å². The first-order valence-corrected chi connectivity index (χ1v) is 8.54. The van der Waals surface area contributed by atoms with E-state index in [9.17, 15) is 0 Å². The molecule has 0 saturated heterocycles. The van der Waals surface area contributed by atoms with Crippen molar-refractivity contribution in [3.8, 4) is 23.2 Å². The molecule has 4 aromatic rings. The van der Waals surface area contributed by atoms with Crippen LogP contribution in [0.25, 0.3) is 11.4 Å². The van der Waals surface area contributed by atoms with Crippen molar-refractivity contribution in [1.29, 1.82) is 0 Å². The Morgan fingerprint density at radius 3 is 1.12 bits per heavy atom. The van der Waals surface area contributed by atoms with Gasteiger partial charge in [0, 0.05) is 59.7 Å². The number of benzene rings is 2. The Labute approximate surface area is 153 Å². The van der Waals surface area contributed by atoms with E-state index in [0.29, 0.717) is 0 Å². The van der Waals surface area contributed by atoms with Crippen molar-refractivity contribution in [2.45, 2.75) is 0 Å². The van der Waals surface area contributed by atoms with Crippen molar-refractivity contribution in [2.24, 2.45) is 0 Å². The number of hydrogen-bond donors (Lipinski definition) is 0. The highest BCUT2D eigenvalue weighted by molar-refractivity contribution is 5.40. The van der Waals surface area contributed by atoms with E-state index in [-0.39, 0.29) is 0 Å². The van der Waals surface area contributed by atoms with Crippen molar-refractivity contribution in [2.75, 3.05) is 0 Å². The molecule has 2 aromatic carbocycles. The second-order valence-electron chi connectivity index (χ2n) is 5.91. The van der Waals surface area contributed by atoms with Crippen LogP contribution in [0.15, 0.2) is 110 Å². The third-order valence-electron chi connectivity index (χ3n) is 4.12. The molecule has 0 aliphatic heterocycles. The van der Waals surface area contributed by atoms with Gasteiger partial charge in [0.1, 0.15) is 0 Å². The lowest BCUT2D eigenvalue weighted by molar-refractivity contribution is -0.596. The summed E-state index contributed by atoms with van der Waals surface area (Å²) in [6.45, 7) is 0. The van der Waals surface area contributed by atoms with Crippen LogP contribution < -0.4 is 9.13 Å². The molecule has 4 rings (SSSR count). The first kappa shape index (κ1) is 15.8. The number of pyridine rings is 2. The van der Waals surface area contributed by atoms with Gasteiger partial charge in [-0.05, 0) is 0 Å². The summed E-state index contributed by atoms with van der Waals surface area (Å²) in [5.41, 5.74) is 4.27. The first-order chi connectivity index (χ1) is 12.9. The Kier molecular flexibility index (Phi) is 4.54. The molecule has 0 atom stereocenters. The molecule has 0 spiro atoms. The van der Waals surface area contributed by atoms with E-state index in [1.165, 1.54) is 0 Å². The van der Waals surface area contributed by atoms with Crippen LogP contribution in [0.4, 0.5) is 0 Å². The zero-order valence-electron chi connectivity index (χ0n) is 14.3. The van der Waals surface area contributed by atoms with E-state index in [1.807, 2.05) is 85.5 Å². The minimum absolute atomic E-state index is 0.997. The first-order valence-electron chi connectivity index (χ1n) is 8.54. The number of hydrogen-bond acceptors (Lipinski definition) is 0. The molecule has 2 aromatic heterocycles. The summed E-state index contributed by atoms with van der Waals surface area (Å²) < 4.78 is 4.16. The van der Waals surface area contributed by atoms with Gasteiger partial charge in [-0.25, -0.2) is 0 Å². The zero-order chi connectivity index (χ0) is 17.6. The number of aromatic nitrogens is 2. The van der Waals surface area contributed by atoms with Crippen LogP contribution in [0.3, 0.4) is 0 Å². The summed E-state index contributed by atoms with van der Waals surface area (Å²) in [6, 6.07) is 28.6. The Bertz CT molecular complexity index is 953. The molecular weight excluding hydrogens is 316 g/mol. The Morgan fingerprint density at radius 2 is 0.769 bits per heavy atom. The SMILES string of the molecule is C(#Cc1cc[n+](-c2ccccc2)cc1)c1cc[n+](-c2ccccc2)cc1. The van der Waals surface area contributed by atoms with E-state index < -0.39 is 0 Å². The molecule has 0 unspecified atom stereocenters. The second-order valence-corrected chi connectivity index (χ2v) is 5.91. The summed E-state index contributed by atoms with van der Waals surface area (Å²) in [5, 5.41) is 0. The van der Waals surface area contributed by atoms with Crippen molar-refractivity contribution >= 4 is 0 Å². The van der Waals surface area contributed by atoms with E-state index >= 15 is 0 Å². The van der Waals surface area contributed by atoms with E-state index in [0.717, 1.165) is 22.5 Å². The zero-order valence-corrected chi connectivity index (χ0v) is 14.3. The maximum absolute atomic E-state index is 3.23. The minimum Gasteiger partial charge on any atom is -0.167 e. The number of rotatable bonds is 2. The van der Waals surface area contributed by atoms with Gasteiger partial charge < -0.3 is 0 Å². The monoisotopic (exact) mass is 334 g/mol. The average molecular weight is 334 g/mol. The Morgan fingerprint density at radius 1 is 0.423 bits per heavy atom. The molecule has 0 aliphatic carbocycles. The molecular formula is C24H18N2+2. The third kappa shape index (κ3) is 3.68. The minimum atomic E-state index is 0.997. The molecule has 2 heteroatoms. The van der Waals surface area contributed by atoms with Crippen LogP contribution in [0.5, 0.6) is 0 Å². The number of para-hydroxylation sites is 2. The van der Waals surface area contributed by atoms with Crippen molar-refractivity contribution in [3.63, 3.8) is 0 Å². The van der Waals surface area contributed by atoms with E-state index in [1.54, 1.807) is 0 Å². The van der Waals surface area contributed by atoms with Gasteiger partial charge in [0.05, 0.1) is 0 Å². The average Bonchev–Trinajstić information content (AvgIpc) is 2.74. The van der Waals surface area contributed by atoms with Gasteiger partial charge in [-0.2, -0.15) is 9.13 Å². The molecule has 26 heavy (non-hydrogen) atoms. The quantitative estimate of drug-likeness (QED) is 0.391. The summed E-state index contributed by atoms with van der Waals surface area (Å²) in [6.07, 6.45) is 8.14. The maximum atomic E-state index is 3.23. The topological polar surface area (TPSA) is 7.76 Å². The Hall–Kier alpha value is -3.70. The van der Waals surface area contributed by atoms with Gasteiger partial charge in [-0.3, -0.25) is 0 Å². The molecule has 0 radical (unpaired) electrons. The lowest BCUT2D eigenvalue weighted by Gasteiger charge is -1.95. The fourth-order valence-corrected chi connectivity index (χ4v) is 2.71. The molecule has 0 aliphatic rings. The number of nitrogens with zero attached hydrogens (tertiary/aromatic N) is 2. The van der Waals surface area contributed by atoms with E-state index in [4.69, 9.17) is 0 Å². The second kappa shape index (κ2) is 7.46. The van der Waals surface area contributed by atoms with Crippen LogP contribution in [-0.4, -0.2) is 0 Å². The smallest absolute Gasteiger partial charge is 0.167 e. The van der Waals surface area contributed by atoms with E-state index in [2.05, 4.69) is 45.2 Å². The van der Waals surface area contributed by atoms with Crippen molar-refractivity contribution in [1.82, 2.24) is 0 Å². The fourth-order valence-electron chi connectivity index (χ4n) is 2.71. The predicted octanol–water partition coefficient (Wildman–Crippen LogP) is 3.64. The normalized spacial score (nSPS) is 10.0. The summed E-state index contributed by atoms with van der Waals surface area (Å²) in [4.78, 5) is 0. The van der Waals surface area contributed by atoms with Crippen LogP contribution in [0.1, 0.15) is 11.1 Å². The maximum Gasteiger partial charge on any atom is 0.210 e. The van der Waals surface area contributed by atoms with Crippen molar-refractivity contribution in [3.05, 3.63) is 121 Å². The van der Waals surface area contributed by atoms with Crippen LogP contribution >= 0.6 is 0 Å². The van der Waals surface area contributed by atoms with Gasteiger partial charge >= 0.3 is 0 Å². The summed E-state index contributed by atoms with van der Waals surface area (Å²) in [7, 11) is 0. The highest BCUT2D eigenvalue weighted by atomic mass is 14.9. The summed E-state index contributed by atoms with van der Waals surface area (Å²) in [5.74, 6) is 6.45. The Balaban J connectivity index is 1.51. The highest BCUT2D eigenvalue weighted by Crippen LogP contribution is 2.02. The molecule has 0 saturated carbocycles. The van der Waals surface area contributed by atoms with Crippen LogP contribution in [-0.2, 0) is 0 Å². The fraction of sp³-hybridized carbons (Fsp3) is 0. The van der Waals surface area contributed by atoms with Gasteiger partial charge in [-0.1, -0.05) is 48.2 Å².